The smallest absolute Gasteiger partial charge is 0.354 e. The van der Waals surface area contributed by atoms with Gasteiger partial charge in [0.25, 0.3) is 0 Å². The molecule has 0 radical (unpaired) electrons. The van der Waals surface area contributed by atoms with Gasteiger partial charge in [0.15, 0.2) is 0 Å². The zero-order valence-corrected chi connectivity index (χ0v) is 11.2. The van der Waals surface area contributed by atoms with Crippen LogP contribution in [0.5, 0.6) is 11.5 Å². The molecule has 0 bridgehead atoms. The lowest BCUT2D eigenvalue weighted by molar-refractivity contribution is 0.0683. The van der Waals surface area contributed by atoms with Crippen molar-refractivity contribution in [2.75, 3.05) is 13.7 Å². The van der Waals surface area contributed by atoms with Crippen molar-refractivity contribution in [3.05, 3.63) is 29.5 Å². The van der Waals surface area contributed by atoms with E-state index >= 15 is 0 Å². The third-order valence-electron chi connectivity index (χ3n) is 3.40. The average Bonchev–Trinajstić information content (AvgIpc) is 2.66. The van der Waals surface area contributed by atoms with Gasteiger partial charge < -0.3 is 14.6 Å². The maximum Gasteiger partial charge on any atom is 0.354 e. The zero-order valence-electron chi connectivity index (χ0n) is 11.2. The molecule has 6 nitrogen and oxygen atoms in total. The zero-order chi connectivity index (χ0) is 14.3. The number of nitrogens with zero attached hydrogens (tertiary/aromatic N) is 2. The molecular formula is C14H14N2O4. The maximum atomic E-state index is 11.4. The van der Waals surface area contributed by atoms with Crippen LogP contribution in [0, 0.1) is 0 Å². The Morgan fingerprint density at radius 2 is 2.30 bits per heavy atom. The van der Waals surface area contributed by atoms with E-state index in [0.717, 1.165) is 5.56 Å². The van der Waals surface area contributed by atoms with E-state index in [4.69, 9.17) is 9.47 Å². The van der Waals surface area contributed by atoms with Gasteiger partial charge in [-0.25, -0.2) is 4.79 Å². The quantitative estimate of drug-likeness (QED) is 0.902. The van der Waals surface area contributed by atoms with Gasteiger partial charge in [0.2, 0.25) is 0 Å². The minimum Gasteiger partial charge on any atom is -0.497 e. The van der Waals surface area contributed by atoms with Gasteiger partial charge >= 0.3 is 5.97 Å². The molecule has 0 saturated heterocycles. The van der Waals surface area contributed by atoms with Gasteiger partial charge in [-0.15, -0.1) is 0 Å². The van der Waals surface area contributed by atoms with Crippen LogP contribution in [0.25, 0.3) is 11.3 Å². The number of hydrogen-bond acceptors (Lipinski definition) is 4. The number of hydrogen-bond donors (Lipinski definition) is 1. The molecule has 1 N–H and O–H groups in total. The van der Waals surface area contributed by atoms with Gasteiger partial charge in [-0.3, -0.25) is 4.68 Å². The normalized spacial score (nSPS) is 12.9. The molecule has 0 atom stereocenters. The molecule has 0 amide bonds. The van der Waals surface area contributed by atoms with Crippen molar-refractivity contribution in [3.8, 4) is 22.8 Å². The van der Waals surface area contributed by atoms with Crippen LogP contribution >= 0.6 is 0 Å². The molecule has 0 spiro atoms. The van der Waals surface area contributed by atoms with Gasteiger partial charge in [0.1, 0.15) is 22.9 Å². The first kappa shape index (κ1) is 12.5. The molecule has 1 aliphatic heterocycles. The van der Waals surface area contributed by atoms with E-state index in [-0.39, 0.29) is 5.69 Å². The Hall–Kier alpha value is -2.50. The van der Waals surface area contributed by atoms with E-state index < -0.39 is 5.97 Å². The fourth-order valence-corrected chi connectivity index (χ4v) is 2.50. The van der Waals surface area contributed by atoms with Crippen molar-refractivity contribution in [1.82, 2.24) is 9.78 Å². The Morgan fingerprint density at radius 3 is 3.00 bits per heavy atom. The van der Waals surface area contributed by atoms with Crippen LogP contribution in [0.2, 0.25) is 0 Å². The Labute approximate surface area is 115 Å². The second-order valence-corrected chi connectivity index (χ2v) is 4.57. The SMILES string of the molecule is COc1ccc2c(c1)-c1nn(C)c(C(=O)O)c1CCO2. The van der Waals surface area contributed by atoms with Gasteiger partial charge in [0.05, 0.1) is 13.7 Å². The maximum absolute atomic E-state index is 11.4. The lowest BCUT2D eigenvalue weighted by Crippen LogP contribution is -2.10. The van der Waals surface area contributed by atoms with Crippen molar-refractivity contribution in [1.29, 1.82) is 0 Å². The summed E-state index contributed by atoms with van der Waals surface area (Å²) in [6.45, 7) is 0.429. The summed E-state index contributed by atoms with van der Waals surface area (Å²) in [7, 11) is 3.22. The fraction of sp³-hybridized carbons (Fsp3) is 0.286. The van der Waals surface area contributed by atoms with Crippen LogP contribution in [0.15, 0.2) is 18.2 Å². The number of fused-ring (bicyclic) bond motifs is 3. The van der Waals surface area contributed by atoms with Gasteiger partial charge in [-0.2, -0.15) is 5.10 Å². The third-order valence-corrected chi connectivity index (χ3v) is 3.40. The molecule has 0 saturated carbocycles. The summed E-state index contributed by atoms with van der Waals surface area (Å²) in [4.78, 5) is 11.4. The highest BCUT2D eigenvalue weighted by Gasteiger charge is 2.26. The van der Waals surface area contributed by atoms with Crippen LogP contribution in [0.4, 0.5) is 0 Å². The molecule has 6 heteroatoms. The second-order valence-electron chi connectivity index (χ2n) is 4.57. The molecule has 2 heterocycles. The van der Waals surface area contributed by atoms with Gasteiger partial charge in [0, 0.05) is 24.6 Å². The Balaban J connectivity index is 2.26. The summed E-state index contributed by atoms with van der Waals surface area (Å²) in [6, 6.07) is 5.45. The predicted molar refractivity (Wildman–Crippen MR) is 71.4 cm³/mol. The van der Waals surface area contributed by atoms with Crippen molar-refractivity contribution in [3.63, 3.8) is 0 Å². The van der Waals surface area contributed by atoms with E-state index in [1.54, 1.807) is 14.2 Å². The summed E-state index contributed by atoms with van der Waals surface area (Å²) in [5.74, 6) is 0.398. The number of rotatable bonds is 2. The van der Waals surface area contributed by atoms with Gasteiger partial charge in [-0.1, -0.05) is 0 Å². The Bertz CT molecular complexity index is 691. The molecular weight excluding hydrogens is 260 g/mol. The highest BCUT2D eigenvalue weighted by Crippen LogP contribution is 2.38. The summed E-state index contributed by atoms with van der Waals surface area (Å²) < 4.78 is 12.3. The van der Waals surface area contributed by atoms with E-state index in [2.05, 4.69) is 5.10 Å². The number of carboxylic acid groups (broad SMARTS) is 1. The van der Waals surface area contributed by atoms with Gasteiger partial charge in [-0.05, 0) is 18.2 Å². The molecule has 1 aromatic heterocycles. The van der Waals surface area contributed by atoms with Crippen LogP contribution < -0.4 is 9.47 Å². The van der Waals surface area contributed by atoms with Crippen LogP contribution in [-0.2, 0) is 13.5 Å². The average molecular weight is 274 g/mol. The number of methoxy groups -OCH3 is 1. The molecule has 0 fully saturated rings. The Kier molecular flexibility index (Phi) is 2.85. The van der Waals surface area contributed by atoms with E-state index in [9.17, 15) is 9.90 Å². The number of aromatic nitrogens is 2. The third kappa shape index (κ3) is 1.80. The number of carbonyl (C=O) groups is 1. The molecule has 1 aromatic carbocycles. The lowest BCUT2D eigenvalue weighted by atomic mass is 10.0. The van der Waals surface area contributed by atoms with Crippen molar-refractivity contribution in [2.45, 2.75) is 6.42 Å². The summed E-state index contributed by atoms with van der Waals surface area (Å²) in [5, 5.41) is 13.7. The Morgan fingerprint density at radius 1 is 1.50 bits per heavy atom. The monoisotopic (exact) mass is 274 g/mol. The van der Waals surface area contributed by atoms with E-state index in [0.29, 0.717) is 35.8 Å². The number of aryl methyl sites for hydroxylation is 1. The second kappa shape index (κ2) is 4.56. The van der Waals surface area contributed by atoms with Crippen LogP contribution in [0.3, 0.4) is 0 Å². The minimum absolute atomic E-state index is 0.208. The molecule has 104 valence electrons. The molecule has 20 heavy (non-hydrogen) atoms. The standard InChI is InChI=1S/C14H14N2O4/c1-16-13(14(17)18)9-5-6-20-11-4-3-8(19-2)7-10(11)12(9)15-16/h3-4,7H,5-6H2,1-2H3,(H,17,18). The lowest BCUT2D eigenvalue weighted by Gasteiger charge is -2.08. The largest absolute Gasteiger partial charge is 0.497 e. The summed E-state index contributed by atoms with van der Waals surface area (Å²) >= 11 is 0. The first-order valence-electron chi connectivity index (χ1n) is 6.22. The highest BCUT2D eigenvalue weighted by atomic mass is 16.5. The van der Waals surface area contributed by atoms with Crippen LogP contribution in [0.1, 0.15) is 16.1 Å². The predicted octanol–water partition coefficient (Wildman–Crippen LogP) is 1.73. The molecule has 2 aromatic rings. The molecule has 0 unspecified atom stereocenters. The first-order chi connectivity index (χ1) is 9.61. The summed E-state index contributed by atoms with van der Waals surface area (Å²) in [5.41, 5.74) is 2.32. The van der Waals surface area contributed by atoms with Crippen molar-refractivity contribution in [2.24, 2.45) is 7.05 Å². The number of benzene rings is 1. The molecule has 3 rings (SSSR count). The summed E-state index contributed by atoms with van der Waals surface area (Å²) in [6.07, 6.45) is 0.516. The number of ether oxygens (including phenoxy) is 2. The topological polar surface area (TPSA) is 73.6 Å². The van der Waals surface area contributed by atoms with E-state index in [1.165, 1.54) is 4.68 Å². The highest BCUT2D eigenvalue weighted by molar-refractivity contribution is 5.90. The minimum atomic E-state index is -0.979. The van der Waals surface area contributed by atoms with Crippen molar-refractivity contribution >= 4 is 5.97 Å². The number of carboxylic acids is 1. The van der Waals surface area contributed by atoms with Crippen molar-refractivity contribution < 1.29 is 19.4 Å². The number of aromatic carboxylic acids is 1. The molecule has 1 aliphatic rings. The first-order valence-corrected chi connectivity index (χ1v) is 6.22. The molecule has 0 aliphatic carbocycles. The van der Waals surface area contributed by atoms with E-state index in [1.807, 2.05) is 18.2 Å². The fourth-order valence-electron chi connectivity index (χ4n) is 2.50. The van der Waals surface area contributed by atoms with Crippen LogP contribution in [-0.4, -0.2) is 34.6 Å².